The molecule has 1 rings (SSSR count). The van der Waals surface area contributed by atoms with E-state index in [1.54, 1.807) is 12.1 Å². The van der Waals surface area contributed by atoms with Crippen LogP contribution in [0.5, 0.6) is 5.75 Å². The zero-order valence-corrected chi connectivity index (χ0v) is 10.3. The third-order valence-corrected chi connectivity index (χ3v) is 2.34. The summed E-state index contributed by atoms with van der Waals surface area (Å²) in [5.74, 6) is -0.617. The Balaban J connectivity index is 2.38. The van der Waals surface area contributed by atoms with Gasteiger partial charge in [-0.25, -0.2) is 4.79 Å². The molecule has 0 heterocycles. The zero-order valence-electron chi connectivity index (χ0n) is 10.3. The average molecular weight is 254 g/mol. The lowest BCUT2D eigenvalue weighted by molar-refractivity contribution is -0.146. The minimum atomic E-state index is -1.49. The third-order valence-electron chi connectivity index (χ3n) is 2.34. The number of hydrogen-bond acceptors (Lipinski definition) is 4. The first-order valence-corrected chi connectivity index (χ1v) is 5.86. The van der Waals surface area contributed by atoms with Crippen LogP contribution in [0.15, 0.2) is 24.3 Å². The molecule has 18 heavy (non-hydrogen) atoms. The van der Waals surface area contributed by atoms with E-state index in [9.17, 15) is 9.90 Å². The van der Waals surface area contributed by atoms with E-state index in [0.29, 0.717) is 31.1 Å². The van der Waals surface area contributed by atoms with Crippen LogP contribution < -0.4 is 4.74 Å². The van der Waals surface area contributed by atoms with Crippen molar-refractivity contribution in [1.82, 2.24) is 0 Å². The molecule has 1 aromatic carbocycles. The van der Waals surface area contributed by atoms with Gasteiger partial charge in [0.2, 0.25) is 0 Å². The van der Waals surface area contributed by atoms with Crippen molar-refractivity contribution in [3.8, 4) is 5.75 Å². The van der Waals surface area contributed by atoms with E-state index in [2.05, 4.69) is 0 Å². The fourth-order valence-electron chi connectivity index (χ4n) is 1.38. The summed E-state index contributed by atoms with van der Waals surface area (Å²) < 4.78 is 10.6. The van der Waals surface area contributed by atoms with Crippen LogP contribution in [-0.4, -0.2) is 36.0 Å². The first-order chi connectivity index (χ1) is 8.65. The molecule has 0 aliphatic carbocycles. The number of benzene rings is 1. The van der Waals surface area contributed by atoms with Crippen molar-refractivity contribution in [3.63, 3.8) is 0 Å². The molecule has 100 valence electrons. The van der Waals surface area contributed by atoms with E-state index < -0.39 is 12.1 Å². The Morgan fingerprint density at radius 3 is 2.50 bits per heavy atom. The van der Waals surface area contributed by atoms with Gasteiger partial charge in [0.15, 0.2) is 6.10 Å². The van der Waals surface area contributed by atoms with Gasteiger partial charge in [-0.1, -0.05) is 12.1 Å². The van der Waals surface area contributed by atoms with E-state index in [-0.39, 0.29) is 0 Å². The number of ether oxygens (including phenoxy) is 2. The number of aliphatic hydroxyl groups is 1. The standard InChI is InChI=1S/C13H18O5/c1-2-17-8-3-9-18-11-6-4-10(5-7-11)12(14)13(15)16/h4-7,12,14H,2-3,8-9H2,1H3,(H,15,16). The Morgan fingerprint density at radius 1 is 1.28 bits per heavy atom. The lowest BCUT2D eigenvalue weighted by Crippen LogP contribution is -2.10. The molecule has 0 aliphatic heterocycles. The molecule has 0 radical (unpaired) electrons. The van der Waals surface area contributed by atoms with Crippen molar-refractivity contribution in [3.05, 3.63) is 29.8 Å². The summed E-state index contributed by atoms with van der Waals surface area (Å²) in [5.41, 5.74) is 0.337. The van der Waals surface area contributed by atoms with Crippen molar-refractivity contribution in [2.75, 3.05) is 19.8 Å². The molecule has 0 saturated heterocycles. The highest BCUT2D eigenvalue weighted by atomic mass is 16.5. The van der Waals surface area contributed by atoms with E-state index in [4.69, 9.17) is 14.6 Å². The van der Waals surface area contributed by atoms with Crippen LogP contribution in [-0.2, 0) is 9.53 Å². The third kappa shape index (κ3) is 4.73. The van der Waals surface area contributed by atoms with Crippen LogP contribution in [0.2, 0.25) is 0 Å². The van der Waals surface area contributed by atoms with Crippen LogP contribution in [0, 0.1) is 0 Å². The molecule has 1 aromatic rings. The predicted molar refractivity (Wildman–Crippen MR) is 65.6 cm³/mol. The lowest BCUT2D eigenvalue weighted by atomic mass is 10.1. The number of aliphatic carboxylic acids is 1. The number of carboxylic acids is 1. The van der Waals surface area contributed by atoms with E-state index in [1.807, 2.05) is 6.92 Å². The zero-order chi connectivity index (χ0) is 13.4. The minimum absolute atomic E-state index is 0.337. The maximum absolute atomic E-state index is 10.6. The monoisotopic (exact) mass is 254 g/mol. The Hall–Kier alpha value is -1.59. The van der Waals surface area contributed by atoms with E-state index >= 15 is 0 Å². The first-order valence-electron chi connectivity index (χ1n) is 5.86. The number of carbonyl (C=O) groups is 1. The first kappa shape index (κ1) is 14.5. The summed E-state index contributed by atoms with van der Waals surface area (Å²) in [6.07, 6.45) is -0.690. The summed E-state index contributed by atoms with van der Waals surface area (Å²) in [4.78, 5) is 10.6. The van der Waals surface area contributed by atoms with Crippen molar-refractivity contribution in [1.29, 1.82) is 0 Å². The molecule has 0 fully saturated rings. The van der Waals surface area contributed by atoms with Gasteiger partial charge >= 0.3 is 5.97 Å². The molecule has 1 atom stereocenters. The van der Waals surface area contributed by atoms with Gasteiger partial charge in [-0.3, -0.25) is 0 Å². The number of rotatable bonds is 8. The molecule has 5 heteroatoms. The maximum Gasteiger partial charge on any atom is 0.337 e. The molecule has 0 aromatic heterocycles. The molecule has 0 saturated carbocycles. The molecule has 2 N–H and O–H groups in total. The largest absolute Gasteiger partial charge is 0.494 e. The SMILES string of the molecule is CCOCCCOc1ccc(C(O)C(=O)O)cc1. The molecule has 0 spiro atoms. The number of aliphatic hydroxyl groups excluding tert-OH is 1. The maximum atomic E-state index is 10.6. The van der Waals surface area contributed by atoms with E-state index in [0.717, 1.165) is 6.42 Å². The quantitative estimate of drug-likeness (QED) is 0.689. The fourth-order valence-corrected chi connectivity index (χ4v) is 1.38. The number of hydrogen-bond donors (Lipinski definition) is 2. The van der Waals surface area contributed by atoms with Crippen molar-refractivity contribution < 1.29 is 24.5 Å². The predicted octanol–water partition coefficient (Wildman–Crippen LogP) is 1.61. The second kappa shape index (κ2) is 7.68. The molecular weight excluding hydrogens is 236 g/mol. The lowest BCUT2D eigenvalue weighted by Gasteiger charge is -2.09. The van der Waals surface area contributed by atoms with Gasteiger partial charge in [-0.15, -0.1) is 0 Å². The van der Waals surface area contributed by atoms with Crippen LogP contribution in [0.3, 0.4) is 0 Å². The minimum Gasteiger partial charge on any atom is -0.494 e. The van der Waals surface area contributed by atoms with Crippen LogP contribution in [0.25, 0.3) is 0 Å². The van der Waals surface area contributed by atoms with Crippen molar-refractivity contribution >= 4 is 5.97 Å². The molecule has 5 nitrogen and oxygen atoms in total. The van der Waals surface area contributed by atoms with Gasteiger partial charge < -0.3 is 19.7 Å². The van der Waals surface area contributed by atoms with Gasteiger partial charge in [-0.2, -0.15) is 0 Å². The molecule has 0 amide bonds. The highest BCUT2D eigenvalue weighted by Gasteiger charge is 2.15. The fraction of sp³-hybridized carbons (Fsp3) is 0.462. The molecule has 1 unspecified atom stereocenters. The normalized spacial score (nSPS) is 12.1. The average Bonchev–Trinajstić information content (AvgIpc) is 2.38. The van der Waals surface area contributed by atoms with Gasteiger partial charge in [-0.05, 0) is 24.6 Å². The second-order valence-corrected chi connectivity index (χ2v) is 3.71. The summed E-state index contributed by atoms with van der Waals surface area (Å²) in [5, 5.41) is 17.9. The highest BCUT2D eigenvalue weighted by molar-refractivity contribution is 5.74. The van der Waals surface area contributed by atoms with Crippen LogP contribution in [0.4, 0.5) is 0 Å². The van der Waals surface area contributed by atoms with Gasteiger partial charge in [0, 0.05) is 19.6 Å². The molecule has 0 aliphatic rings. The Morgan fingerprint density at radius 2 is 1.94 bits per heavy atom. The van der Waals surface area contributed by atoms with Gasteiger partial charge in [0.25, 0.3) is 0 Å². The number of carboxylic acid groups (broad SMARTS) is 1. The molecule has 0 bridgehead atoms. The Bertz CT molecular complexity index is 360. The van der Waals surface area contributed by atoms with Crippen molar-refractivity contribution in [2.24, 2.45) is 0 Å². The van der Waals surface area contributed by atoms with Crippen molar-refractivity contribution in [2.45, 2.75) is 19.4 Å². The summed E-state index contributed by atoms with van der Waals surface area (Å²) in [6.45, 7) is 3.84. The Kier molecular flexibility index (Phi) is 6.18. The van der Waals surface area contributed by atoms with E-state index in [1.165, 1.54) is 12.1 Å². The molecular formula is C13H18O5. The second-order valence-electron chi connectivity index (χ2n) is 3.71. The summed E-state index contributed by atoms with van der Waals surface area (Å²) in [7, 11) is 0. The van der Waals surface area contributed by atoms with Gasteiger partial charge in [0.05, 0.1) is 6.61 Å². The van der Waals surface area contributed by atoms with Gasteiger partial charge in [0.1, 0.15) is 5.75 Å². The smallest absolute Gasteiger partial charge is 0.337 e. The highest BCUT2D eigenvalue weighted by Crippen LogP contribution is 2.18. The Labute approximate surface area is 106 Å². The van der Waals surface area contributed by atoms with Crippen LogP contribution >= 0.6 is 0 Å². The topological polar surface area (TPSA) is 76.0 Å². The summed E-state index contributed by atoms with van der Waals surface area (Å²) in [6, 6.07) is 6.36. The van der Waals surface area contributed by atoms with Crippen LogP contribution in [0.1, 0.15) is 25.0 Å². The summed E-state index contributed by atoms with van der Waals surface area (Å²) >= 11 is 0.